The summed E-state index contributed by atoms with van der Waals surface area (Å²) >= 11 is 11.8. The van der Waals surface area contributed by atoms with Crippen molar-refractivity contribution in [3.8, 4) is 11.5 Å². The molecule has 130 valence electrons. The number of benzene rings is 2. The molecule has 2 amide bonds. The van der Waals surface area contributed by atoms with Crippen LogP contribution in [-0.2, 0) is 11.2 Å². The van der Waals surface area contributed by atoms with Crippen LogP contribution in [0, 0.1) is 0 Å². The summed E-state index contributed by atoms with van der Waals surface area (Å²) in [5.41, 5.74) is 5.73. The van der Waals surface area contributed by atoms with Gasteiger partial charge in [-0.15, -0.1) is 0 Å². The quantitative estimate of drug-likeness (QED) is 0.802. The molecule has 0 aromatic heterocycles. The molecule has 0 fully saturated rings. The van der Waals surface area contributed by atoms with Gasteiger partial charge in [0.25, 0.3) is 11.8 Å². The van der Waals surface area contributed by atoms with Gasteiger partial charge < -0.3 is 9.47 Å². The van der Waals surface area contributed by atoms with Gasteiger partial charge in [-0.25, -0.2) is 0 Å². The standard InChI is InChI=1S/C17H14Cl2N2O4/c1-24-14-5-3-11(19)8-12(14)16(22)20-21-17(23)15-7-9-6-10(18)2-4-13(9)25-15/h2-6,8,15H,7H2,1H3,(H,20,22)(H,21,23). The number of halogens is 2. The first-order valence-electron chi connectivity index (χ1n) is 7.36. The van der Waals surface area contributed by atoms with Crippen molar-refractivity contribution in [2.24, 2.45) is 0 Å². The van der Waals surface area contributed by atoms with Crippen LogP contribution in [0.15, 0.2) is 36.4 Å². The number of hydrogen-bond acceptors (Lipinski definition) is 4. The van der Waals surface area contributed by atoms with Gasteiger partial charge in [-0.05, 0) is 42.0 Å². The average molecular weight is 381 g/mol. The summed E-state index contributed by atoms with van der Waals surface area (Å²) < 4.78 is 10.7. The van der Waals surface area contributed by atoms with Crippen molar-refractivity contribution < 1.29 is 19.1 Å². The monoisotopic (exact) mass is 380 g/mol. The molecule has 2 aromatic rings. The smallest absolute Gasteiger partial charge is 0.279 e. The van der Waals surface area contributed by atoms with Gasteiger partial charge in [0.15, 0.2) is 6.10 Å². The molecule has 25 heavy (non-hydrogen) atoms. The van der Waals surface area contributed by atoms with E-state index in [1.165, 1.54) is 13.2 Å². The highest BCUT2D eigenvalue weighted by Crippen LogP contribution is 2.31. The van der Waals surface area contributed by atoms with Crippen molar-refractivity contribution in [2.75, 3.05) is 7.11 Å². The number of fused-ring (bicyclic) bond motifs is 1. The molecule has 1 atom stereocenters. The largest absolute Gasteiger partial charge is 0.496 e. The number of carbonyl (C=O) groups excluding carboxylic acids is 2. The second-order valence-corrected chi connectivity index (χ2v) is 6.22. The van der Waals surface area contributed by atoms with Crippen LogP contribution in [0.5, 0.6) is 11.5 Å². The lowest BCUT2D eigenvalue weighted by Gasteiger charge is -2.13. The Labute approximate surface area is 154 Å². The number of hydrogen-bond donors (Lipinski definition) is 2. The maximum Gasteiger partial charge on any atom is 0.279 e. The Morgan fingerprint density at radius 3 is 2.60 bits per heavy atom. The van der Waals surface area contributed by atoms with Crippen molar-refractivity contribution in [1.29, 1.82) is 0 Å². The molecule has 0 saturated heterocycles. The van der Waals surface area contributed by atoms with Crippen molar-refractivity contribution in [3.05, 3.63) is 57.6 Å². The first-order valence-corrected chi connectivity index (χ1v) is 8.12. The zero-order valence-electron chi connectivity index (χ0n) is 13.1. The molecular weight excluding hydrogens is 367 g/mol. The summed E-state index contributed by atoms with van der Waals surface area (Å²) in [6.07, 6.45) is -0.368. The topological polar surface area (TPSA) is 76.7 Å². The van der Waals surface area contributed by atoms with Crippen LogP contribution in [0.1, 0.15) is 15.9 Å². The minimum absolute atomic E-state index is 0.206. The fourth-order valence-corrected chi connectivity index (χ4v) is 2.85. The van der Waals surface area contributed by atoms with E-state index in [4.69, 9.17) is 32.7 Å². The Morgan fingerprint density at radius 1 is 1.12 bits per heavy atom. The maximum absolute atomic E-state index is 12.2. The summed E-state index contributed by atoms with van der Waals surface area (Å²) in [4.78, 5) is 24.5. The number of amides is 2. The molecule has 1 aliphatic heterocycles. The van der Waals surface area contributed by atoms with Crippen LogP contribution in [-0.4, -0.2) is 25.0 Å². The van der Waals surface area contributed by atoms with Crippen molar-refractivity contribution in [1.82, 2.24) is 10.9 Å². The number of rotatable bonds is 3. The fourth-order valence-electron chi connectivity index (χ4n) is 2.49. The average Bonchev–Trinajstić information content (AvgIpc) is 3.02. The first-order chi connectivity index (χ1) is 12.0. The summed E-state index contributed by atoms with van der Waals surface area (Å²) in [5.74, 6) is -0.0735. The van der Waals surface area contributed by atoms with E-state index in [9.17, 15) is 9.59 Å². The second kappa shape index (κ2) is 7.21. The van der Waals surface area contributed by atoms with E-state index in [2.05, 4.69) is 10.9 Å². The fraction of sp³-hybridized carbons (Fsp3) is 0.176. The Hall–Kier alpha value is -2.44. The summed E-state index contributed by atoms with van der Waals surface area (Å²) in [6.45, 7) is 0. The minimum atomic E-state index is -0.741. The van der Waals surface area contributed by atoms with Gasteiger partial charge in [-0.1, -0.05) is 23.2 Å². The van der Waals surface area contributed by atoms with Gasteiger partial charge in [0.1, 0.15) is 11.5 Å². The van der Waals surface area contributed by atoms with E-state index in [0.29, 0.717) is 28.0 Å². The van der Waals surface area contributed by atoms with Crippen LogP contribution >= 0.6 is 23.2 Å². The Bertz CT molecular complexity index is 841. The number of methoxy groups -OCH3 is 1. The third-order valence-corrected chi connectivity index (χ3v) is 4.17. The molecule has 2 N–H and O–H groups in total. The molecule has 1 aliphatic rings. The van der Waals surface area contributed by atoms with E-state index >= 15 is 0 Å². The van der Waals surface area contributed by atoms with Crippen molar-refractivity contribution in [2.45, 2.75) is 12.5 Å². The normalized spacial score (nSPS) is 15.1. The minimum Gasteiger partial charge on any atom is -0.496 e. The Kier molecular flexibility index (Phi) is 5.01. The zero-order valence-corrected chi connectivity index (χ0v) is 14.6. The molecule has 1 unspecified atom stereocenters. The second-order valence-electron chi connectivity index (χ2n) is 5.35. The van der Waals surface area contributed by atoms with Crippen molar-refractivity contribution in [3.63, 3.8) is 0 Å². The van der Waals surface area contributed by atoms with Crippen LogP contribution in [0.2, 0.25) is 10.0 Å². The summed E-state index contributed by atoms with van der Waals surface area (Å²) in [5, 5.41) is 0.952. The highest BCUT2D eigenvalue weighted by molar-refractivity contribution is 6.31. The third-order valence-electron chi connectivity index (χ3n) is 3.69. The first kappa shape index (κ1) is 17.4. The molecule has 0 radical (unpaired) electrons. The van der Waals surface area contributed by atoms with Crippen LogP contribution in [0.3, 0.4) is 0 Å². The number of nitrogens with one attached hydrogen (secondary N) is 2. The molecule has 0 spiro atoms. The van der Waals surface area contributed by atoms with E-state index < -0.39 is 17.9 Å². The van der Waals surface area contributed by atoms with E-state index in [-0.39, 0.29) is 5.56 Å². The van der Waals surface area contributed by atoms with Gasteiger partial charge in [-0.3, -0.25) is 20.4 Å². The predicted octanol–water partition coefficient (Wildman–Crippen LogP) is 2.77. The molecule has 2 aromatic carbocycles. The molecule has 8 heteroatoms. The number of hydrazine groups is 1. The van der Waals surface area contributed by atoms with Gasteiger partial charge in [0.2, 0.25) is 0 Å². The summed E-state index contributed by atoms with van der Waals surface area (Å²) in [6, 6.07) is 9.77. The predicted molar refractivity (Wildman–Crippen MR) is 93.2 cm³/mol. The van der Waals surface area contributed by atoms with Gasteiger partial charge in [0, 0.05) is 16.5 Å². The van der Waals surface area contributed by atoms with Crippen LogP contribution in [0.4, 0.5) is 0 Å². The number of carbonyl (C=O) groups is 2. The van der Waals surface area contributed by atoms with Gasteiger partial charge in [0.05, 0.1) is 12.7 Å². The van der Waals surface area contributed by atoms with Gasteiger partial charge in [-0.2, -0.15) is 0 Å². The van der Waals surface area contributed by atoms with E-state index in [1.807, 2.05) is 0 Å². The maximum atomic E-state index is 12.2. The SMILES string of the molecule is COc1ccc(Cl)cc1C(=O)NNC(=O)C1Cc2cc(Cl)ccc2O1. The van der Waals surface area contributed by atoms with E-state index in [0.717, 1.165) is 5.56 Å². The van der Waals surface area contributed by atoms with Gasteiger partial charge >= 0.3 is 0 Å². The molecule has 3 rings (SSSR count). The molecule has 0 aliphatic carbocycles. The van der Waals surface area contributed by atoms with Crippen molar-refractivity contribution >= 4 is 35.0 Å². The van der Waals surface area contributed by atoms with Crippen LogP contribution < -0.4 is 20.3 Å². The molecule has 0 saturated carbocycles. The lowest BCUT2D eigenvalue weighted by atomic mass is 10.1. The lowest BCUT2D eigenvalue weighted by Crippen LogP contribution is -2.47. The highest BCUT2D eigenvalue weighted by Gasteiger charge is 2.29. The highest BCUT2D eigenvalue weighted by atomic mass is 35.5. The Balaban J connectivity index is 1.62. The molecule has 0 bridgehead atoms. The third kappa shape index (κ3) is 3.81. The molecule has 1 heterocycles. The zero-order chi connectivity index (χ0) is 18.0. The molecule has 6 nitrogen and oxygen atoms in total. The Morgan fingerprint density at radius 2 is 1.84 bits per heavy atom. The van der Waals surface area contributed by atoms with E-state index in [1.54, 1.807) is 30.3 Å². The molecular formula is C17H14Cl2N2O4. The number of ether oxygens (including phenoxy) is 2. The summed E-state index contributed by atoms with van der Waals surface area (Å²) in [7, 11) is 1.44. The van der Waals surface area contributed by atoms with Crippen LogP contribution in [0.25, 0.3) is 0 Å². The lowest BCUT2D eigenvalue weighted by molar-refractivity contribution is -0.128.